The molecule has 0 fully saturated rings. The van der Waals surface area contributed by atoms with Crippen LogP contribution >= 0.6 is 24.0 Å². The molecule has 0 bridgehead atoms. The van der Waals surface area contributed by atoms with Gasteiger partial charge in [-0.25, -0.2) is 8.78 Å². The van der Waals surface area contributed by atoms with Gasteiger partial charge in [-0.3, -0.25) is 0 Å². The van der Waals surface area contributed by atoms with Gasteiger partial charge < -0.3 is 5.73 Å². The molecule has 1 nitrogen and oxygen atoms in total. The van der Waals surface area contributed by atoms with E-state index in [1.165, 1.54) is 0 Å². The van der Waals surface area contributed by atoms with Crippen LogP contribution in [0.2, 0.25) is 5.02 Å². The molecule has 0 spiro atoms. The minimum atomic E-state index is -0.699. The quantitative estimate of drug-likeness (QED) is 0.817. The van der Waals surface area contributed by atoms with Crippen molar-refractivity contribution >= 4 is 24.0 Å². The third kappa shape index (κ3) is 3.30. The molecular weight excluding hydrogens is 255 g/mol. The fourth-order valence-electron chi connectivity index (χ4n) is 1.28. The second-order valence-corrected chi connectivity index (χ2v) is 5.06. The van der Waals surface area contributed by atoms with Crippen molar-refractivity contribution in [3.05, 3.63) is 34.4 Å². The van der Waals surface area contributed by atoms with Crippen molar-refractivity contribution < 1.29 is 8.78 Å². The molecule has 16 heavy (non-hydrogen) atoms. The SMILES string of the molecule is CC(C)(C)[C@@H](N)c1c(F)cc(Cl)cc1F.Cl. The third-order valence-electron chi connectivity index (χ3n) is 2.29. The van der Waals surface area contributed by atoms with Gasteiger partial charge in [0.25, 0.3) is 0 Å². The lowest BCUT2D eigenvalue weighted by Crippen LogP contribution is -2.28. The van der Waals surface area contributed by atoms with Crippen LogP contribution in [0, 0.1) is 17.0 Å². The highest BCUT2D eigenvalue weighted by Gasteiger charge is 2.27. The molecular formula is C11H15Cl2F2N. The summed E-state index contributed by atoms with van der Waals surface area (Å²) in [5, 5.41) is 0.0369. The molecule has 1 aromatic rings. The Morgan fingerprint density at radius 3 is 1.88 bits per heavy atom. The Hall–Kier alpha value is -0.380. The standard InChI is InChI=1S/C11H14ClF2N.ClH/c1-11(2,3)10(15)9-7(13)4-6(12)5-8(9)14;/h4-5,10H,15H2,1-3H3;1H/t10-;/m0./s1. The Morgan fingerprint density at radius 1 is 1.19 bits per heavy atom. The van der Waals surface area contributed by atoms with Crippen LogP contribution in [-0.2, 0) is 0 Å². The molecule has 1 atom stereocenters. The predicted molar refractivity (Wildman–Crippen MR) is 65.0 cm³/mol. The van der Waals surface area contributed by atoms with Gasteiger partial charge in [-0.1, -0.05) is 32.4 Å². The van der Waals surface area contributed by atoms with Crippen molar-refractivity contribution in [2.45, 2.75) is 26.8 Å². The number of rotatable bonds is 1. The van der Waals surface area contributed by atoms with Gasteiger partial charge in [-0.2, -0.15) is 0 Å². The molecule has 92 valence electrons. The lowest BCUT2D eigenvalue weighted by atomic mass is 9.82. The molecule has 0 aliphatic carbocycles. The highest BCUT2D eigenvalue weighted by atomic mass is 35.5. The van der Waals surface area contributed by atoms with Crippen molar-refractivity contribution in [1.29, 1.82) is 0 Å². The topological polar surface area (TPSA) is 26.0 Å². The van der Waals surface area contributed by atoms with E-state index < -0.39 is 23.1 Å². The van der Waals surface area contributed by atoms with Gasteiger partial charge in [0, 0.05) is 16.6 Å². The summed E-state index contributed by atoms with van der Waals surface area (Å²) in [6, 6.07) is 1.45. The Balaban J connectivity index is 0.00000225. The number of hydrogen-bond donors (Lipinski definition) is 1. The Morgan fingerprint density at radius 2 is 1.56 bits per heavy atom. The monoisotopic (exact) mass is 269 g/mol. The first-order valence-electron chi connectivity index (χ1n) is 4.63. The van der Waals surface area contributed by atoms with E-state index in [1.54, 1.807) is 0 Å². The van der Waals surface area contributed by atoms with Gasteiger partial charge in [0.1, 0.15) is 11.6 Å². The van der Waals surface area contributed by atoms with Crippen LogP contribution in [0.3, 0.4) is 0 Å². The van der Waals surface area contributed by atoms with Crippen molar-refractivity contribution in [2.24, 2.45) is 11.1 Å². The molecule has 5 heteroatoms. The first-order valence-corrected chi connectivity index (χ1v) is 5.01. The van der Waals surface area contributed by atoms with E-state index in [-0.39, 0.29) is 23.0 Å². The fraction of sp³-hybridized carbons (Fsp3) is 0.455. The molecule has 0 saturated heterocycles. The average Bonchev–Trinajstić information content (AvgIpc) is 1.99. The van der Waals surface area contributed by atoms with Crippen LogP contribution in [0.15, 0.2) is 12.1 Å². The van der Waals surface area contributed by atoms with Crippen LogP contribution in [-0.4, -0.2) is 0 Å². The largest absolute Gasteiger partial charge is 0.323 e. The van der Waals surface area contributed by atoms with Gasteiger partial charge in [0.05, 0.1) is 0 Å². The second kappa shape index (κ2) is 5.30. The molecule has 0 aliphatic rings. The van der Waals surface area contributed by atoms with E-state index in [4.69, 9.17) is 17.3 Å². The minimum absolute atomic E-state index is 0. The molecule has 0 saturated carbocycles. The van der Waals surface area contributed by atoms with Crippen LogP contribution in [0.25, 0.3) is 0 Å². The first-order chi connectivity index (χ1) is 6.73. The molecule has 0 unspecified atom stereocenters. The maximum atomic E-state index is 13.5. The van der Waals surface area contributed by atoms with Crippen molar-refractivity contribution in [3.63, 3.8) is 0 Å². The average molecular weight is 270 g/mol. The minimum Gasteiger partial charge on any atom is -0.323 e. The van der Waals surface area contributed by atoms with Crippen LogP contribution in [0.1, 0.15) is 32.4 Å². The Kier molecular flexibility index (Phi) is 5.17. The van der Waals surface area contributed by atoms with Crippen LogP contribution < -0.4 is 5.73 Å². The highest BCUT2D eigenvalue weighted by Crippen LogP contribution is 2.34. The van der Waals surface area contributed by atoms with E-state index in [0.717, 1.165) is 12.1 Å². The van der Waals surface area contributed by atoms with Gasteiger partial charge in [-0.15, -0.1) is 12.4 Å². The number of benzene rings is 1. The van der Waals surface area contributed by atoms with E-state index in [2.05, 4.69) is 0 Å². The van der Waals surface area contributed by atoms with Crippen LogP contribution in [0.4, 0.5) is 8.78 Å². The van der Waals surface area contributed by atoms with Gasteiger partial charge >= 0.3 is 0 Å². The lowest BCUT2D eigenvalue weighted by molar-refractivity contribution is 0.310. The molecule has 0 amide bonds. The van der Waals surface area contributed by atoms with Gasteiger partial charge in [-0.05, 0) is 17.5 Å². The summed E-state index contributed by atoms with van der Waals surface area (Å²) >= 11 is 5.52. The van der Waals surface area contributed by atoms with Crippen molar-refractivity contribution in [1.82, 2.24) is 0 Å². The number of nitrogens with two attached hydrogens (primary N) is 1. The molecule has 0 aliphatic heterocycles. The molecule has 0 heterocycles. The molecule has 2 N–H and O–H groups in total. The number of hydrogen-bond acceptors (Lipinski definition) is 1. The highest BCUT2D eigenvalue weighted by molar-refractivity contribution is 6.30. The third-order valence-corrected chi connectivity index (χ3v) is 2.51. The zero-order valence-electron chi connectivity index (χ0n) is 9.35. The molecule has 1 aromatic carbocycles. The summed E-state index contributed by atoms with van der Waals surface area (Å²) in [7, 11) is 0. The Bertz CT molecular complexity index is 352. The summed E-state index contributed by atoms with van der Waals surface area (Å²) in [5.41, 5.74) is 5.29. The fourth-order valence-corrected chi connectivity index (χ4v) is 1.48. The normalized spacial score (nSPS) is 13.2. The summed E-state index contributed by atoms with van der Waals surface area (Å²) in [6.07, 6.45) is 0. The summed E-state index contributed by atoms with van der Waals surface area (Å²) in [5.74, 6) is -1.38. The lowest BCUT2D eigenvalue weighted by Gasteiger charge is -2.28. The zero-order valence-corrected chi connectivity index (χ0v) is 10.9. The maximum absolute atomic E-state index is 13.5. The van der Waals surface area contributed by atoms with E-state index in [1.807, 2.05) is 20.8 Å². The second-order valence-electron chi connectivity index (χ2n) is 4.63. The Labute approximate surface area is 105 Å². The van der Waals surface area contributed by atoms with Gasteiger partial charge in [0.2, 0.25) is 0 Å². The maximum Gasteiger partial charge on any atom is 0.132 e. The summed E-state index contributed by atoms with van der Waals surface area (Å²) in [6.45, 7) is 5.47. The molecule has 1 rings (SSSR count). The molecule has 0 aromatic heterocycles. The van der Waals surface area contributed by atoms with E-state index in [0.29, 0.717) is 0 Å². The van der Waals surface area contributed by atoms with Gasteiger partial charge in [0.15, 0.2) is 0 Å². The summed E-state index contributed by atoms with van der Waals surface area (Å²) < 4.78 is 27.0. The zero-order chi connectivity index (χ0) is 11.8. The predicted octanol–water partition coefficient (Wildman–Crippen LogP) is 4.09. The summed E-state index contributed by atoms with van der Waals surface area (Å²) in [4.78, 5) is 0. The first kappa shape index (κ1) is 15.6. The molecule has 0 radical (unpaired) electrons. The van der Waals surface area contributed by atoms with E-state index >= 15 is 0 Å². The number of halogens is 4. The van der Waals surface area contributed by atoms with E-state index in [9.17, 15) is 8.78 Å². The van der Waals surface area contributed by atoms with Crippen molar-refractivity contribution in [3.8, 4) is 0 Å². The van der Waals surface area contributed by atoms with Crippen molar-refractivity contribution in [2.75, 3.05) is 0 Å². The van der Waals surface area contributed by atoms with Crippen LogP contribution in [0.5, 0.6) is 0 Å². The smallest absolute Gasteiger partial charge is 0.132 e.